The fourth-order valence-corrected chi connectivity index (χ4v) is 3.25. The first-order valence-corrected chi connectivity index (χ1v) is 8.21. The predicted molar refractivity (Wildman–Crippen MR) is 84.2 cm³/mol. The van der Waals surface area contributed by atoms with Crippen molar-refractivity contribution in [3.05, 3.63) is 35.6 Å². The molecule has 21 heavy (non-hydrogen) atoms. The summed E-state index contributed by atoms with van der Waals surface area (Å²) in [6.07, 6.45) is -0.280. The Morgan fingerprint density at radius 2 is 1.95 bits per heavy atom. The number of carbonyl (C=O) groups excluding carboxylic acids is 1. The summed E-state index contributed by atoms with van der Waals surface area (Å²) in [7, 11) is 0. The lowest BCUT2D eigenvalue weighted by atomic mass is 9.90. The van der Waals surface area contributed by atoms with Gasteiger partial charge in [0.15, 0.2) is 0 Å². The summed E-state index contributed by atoms with van der Waals surface area (Å²) in [4.78, 5) is 13.9. The third-order valence-electron chi connectivity index (χ3n) is 3.59. The monoisotopic (exact) mass is 357 g/mol. The Balaban J connectivity index is 2.10. The van der Waals surface area contributed by atoms with E-state index in [0.29, 0.717) is 19.0 Å². The Bertz CT molecular complexity index is 498. The summed E-state index contributed by atoms with van der Waals surface area (Å²) < 4.78 is 18.5. The zero-order valence-electron chi connectivity index (χ0n) is 12.6. The number of nitrogens with zero attached hydrogens (tertiary/aromatic N) is 1. The van der Waals surface area contributed by atoms with Crippen LogP contribution in [0.3, 0.4) is 0 Å². The van der Waals surface area contributed by atoms with Crippen LogP contribution < -0.4 is 0 Å². The van der Waals surface area contributed by atoms with Crippen LogP contribution in [0.25, 0.3) is 0 Å². The standard InChI is InChI=1S/C16H21BrFNO2/c1-16(2,3)21-15(20)19-9-12(8-17)14(10-19)11-4-6-13(18)7-5-11/h4-7,12,14H,8-10H2,1-3H3/t12-,14+/m0/s1. The summed E-state index contributed by atoms with van der Waals surface area (Å²) in [6.45, 7) is 6.85. The molecule has 5 heteroatoms. The minimum atomic E-state index is -0.491. The first kappa shape index (κ1) is 16.3. The van der Waals surface area contributed by atoms with Crippen molar-refractivity contribution < 1.29 is 13.9 Å². The average molecular weight is 358 g/mol. The van der Waals surface area contributed by atoms with Crippen LogP contribution in [0.15, 0.2) is 24.3 Å². The van der Waals surface area contributed by atoms with E-state index >= 15 is 0 Å². The quantitative estimate of drug-likeness (QED) is 0.743. The summed E-state index contributed by atoms with van der Waals surface area (Å²) >= 11 is 3.51. The second-order valence-corrected chi connectivity index (χ2v) is 7.11. The van der Waals surface area contributed by atoms with E-state index < -0.39 is 5.60 Å². The van der Waals surface area contributed by atoms with Crippen LogP contribution in [-0.4, -0.2) is 35.0 Å². The molecule has 116 valence electrons. The molecular weight excluding hydrogens is 337 g/mol. The van der Waals surface area contributed by atoms with Crippen LogP contribution >= 0.6 is 15.9 Å². The van der Waals surface area contributed by atoms with Crippen LogP contribution in [-0.2, 0) is 4.74 Å². The van der Waals surface area contributed by atoms with Crippen molar-refractivity contribution in [1.82, 2.24) is 4.90 Å². The molecule has 1 aliphatic rings. The van der Waals surface area contributed by atoms with E-state index in [9.17, 15) is 9.18 Å². The maximum atomic E-state index is 13.0. The van der Waals surface area contributed by atoms with Crippen molar-refractivity contribution in [3.63, 3.8) is 0 Å². The summed E-state index contributed by atoms with van der Waals surface area (Å²) in [5.74, 6) is 0.275. The van der Waals surface area contributed by atoms with Crippen molar-refractivity contribution in [2.45, 2.75) is 32.3 Å². The molecule has 0 bridgehead atoms. The zero-order chi connectivity index (χ0) is 15.6. The molecule has 0 N–H and O–H groups in total. The fraction of sp³-hybridized carbons (Fsp3) is 0.562. The van der Waals surface area contributed by atoms with Gasteiger partial charge >= 0.3 is 6.09 Å². The van der Waals surface area contributed by atoms with Crippen molar-refractivity contribution in [2.75, 3.05) is 18.4 Å². The lowest BCUT2D eigenvalue weighted by Crippen LogP contribution is -2.35. The molecule has 2 rings (SSSR count). The van der Waals surface area contributed by atoms with Crippen molar-refractivity contribution >= 4 is 22.0 Å². The molecule has 1 amide bonds. The molecular formula is C16H21BrFNO2. The zero-order valence-corrected chi connectivity index (χ0v) is 14.2. The number of rotatable bonds is 2. The SMILES string of the molecule is CC(C)(C)OC(=O)N1C[C@H](CBr)[C@@H](c2ccc(F)cc2)C1. The van der Waals surface area contributed by atoms with Crippen LogP contribution in [0.2, 0.25) is 0 Å². The molecule has 0 aromatic heterocycles. The highest BCUT2D eigenvalue weighted by Crippen LogP contribution is 2.34. The fourth-order valence-electron chi connectivity index (χ4n) is 2.59. The normalized spacial score (nSPS) is 22.4. The minimum absolute atomic E-state index is 0.206. The summed E-state index contributed by atoms with van der Waals surface area (Å²) in [6, 6.07) is 6.54. The highest BCUT2D eigenvalue weighted by Gasteiger charge is 2.37. The molecule has 0 unspecified atom stereocenters. The van der Waals surface area contributed by atoms with Crippen LogP contribution in [0.4, 0.5) is 9.18 Å². The number of ether oxygens (including phenoxy) is 1. The number of carbonyl (C=O) groups is 1. The average Bonchev–Trinajstić information content (AvgIpc) is 2.82. The van der Waals surface area contributed by atoms with Gasteiger partial charge in [0.25, 0.3) is 0 Å². The molecule has 3 nitrogen and oxygen atoms in total. The van der Waals surface area contributed by atoms with Gasteiger partial charge in [-0.05, 0) is 44.4 Å². The lowest BCUT2D eigenvalue weighted by molar-refractivity contribution is 0.0288. The van der Waals surface area contributed by atoms with Gasteiger partial charge in [-0.1, -0.05) is 28.1 Å². The van der Waals surface area contributed by atoms with Gasteiger partial charge in [0.05, 0.1) is 0 Å². The number of alkyl halides is 1. The van der Waals surface area contributed by atoms with E-state index in [4.69, 9.17) is 4.74 Å². The van der Waals surface area contributed by atoms with Crippen molar-refractivity contribution in [3.8, 4) is 0 Å². The Morgan fingerprint density at radius 1 is 1.33 bits per heavy atom. The van der Waals surface area contributed by atoms with Gasteiger partial charge in [0.1, 0.15) is 11.4 Å². The highest BCUT2D eigenvalue weighted by atomic mass is 79.9. The molecule has 1 aliphatic heterocycles. The van der Waals surface area contributed by atoms with E-state index in [1.807, 2.05) is 20.8 Å². The molecule has 1 heterocycles. The molecule has 0 radical (unpaired) electrons. The van der Waals surface area contributed by atoms with Gasteiger partial charge in [-0.15, -0.1) is 0 Å². The molecule has 1 aromatic carbocycles. The molecule has 1 saturated heterocycles. The van der Waals surface area contributed by atoms with Crippen LogP contribution in [0, 0.1) is 11.7 Å². The van der Waals surface area contributed by atoms with E-state index in [2.05, 4.69) is 15.9 Å². The molecule has 0 saturated carbocycles. The first-order chi connectivity index (χ1) is 9.80. The lowest BCUT2D eigenvalue weighted by Gasteiger charge is -2.24. The van der Waals surface area contributed by atoms with E-state index in [1.54, 1.807) is 17.0 Å². The van der Waals surface area contributed by atoms with Crippen molar-refractivity contribution in [2.24, 2.45) is 5.92 Å². The minimum Gasteiger partial charge on any atom is -0.444 e. The summed E-state index contributed by atoms with van der Waals surface area (Å²) in [5, 5.41) is 0.800. The maximum Gasteiger partial charge on any atom is 0.410 e. The predicted octanol–water partition coefficient (Wildman–Crippen LogP) is 4.17. The number of amides is 1. The molecule has 1 fully saturated rings. The third-order valence-corrected chi connectivity index (χ3v) is 4.42. The molecule has 2 atom stereocenters. The molecule has 0 spiro atoms. The number of hydrogen-bond donors (Lipinski definition) is 0. The van der Waals surface area contributed by atoms with Crippen LogP contribution in [0.5, 0.6) is 0 Å². The number of benzene rings is 1. The van der Waals surface area contributed by atoms with Gasteiger partial charge in [-0.2, -0.15) is 0 Å². The Morgan fingerprint density at radius 3 is 2.48 bits per heavy atom. The van der Waals surface area contributed by atoms with Gasteiger partial charge in [-0.25, -0.2) is 9.18 Å². The maximum absolute atomic E-state index is 13.0. The smallest absolute Gasteiger partial charge is 0.410 e. The Kier molecular flexibility index (Phi) is 4.91. The Labute approximate surface area is 133 Å². The third kappa shape index (κ3) is 4.19. The Hall–Kier alpha value is -1.10. The van der Waals surface area contributed by atoms with E-state index in [0.717, 1.165) is 10.9 Å². The number of likely N-dealkylation sites (tertiary alicyclic amines) is 1. The molecule has 0 aliphatic carbocycles. The second kappa shape index (κ2) is 6.34. The topological polar surface area (TPSA) is 29.5 Å². The second-order valence-electron chi connectivity index (χ2n) is 6.46. The number of halogens is 2. The van der Waals surface area contributed by atoms with Gasteiger partial charge < -0.3 is 9.64 Å². The summed E-state index contributed by atoms with van der Waals surface area (Å²) in [5.41, 5.74) is 0.571. The highest BCUT2D eigenvalue weighted by molar-refractivity contribution is 9.09. The van der Waals surface area contributed by atoms with Crippen molar-refractivity contribution in [1.29, 1.82) is 0 Å². The van der Waals surface area contributed by atoms with Gasteiger partial charge in [0, 0.05) is 24.3 Å². The van der Waals surface area contributed by atoms with Gasteiger partial charge in [0.2, 0.25) is 0 Å². The van der Waals surface area contributed by atoms with E-state index in [-0.39, 0.29) is 17.8 Å². The largest absolute Gasteiger partial charge is 0.444 e. The van der Waals surface area contributed by atoms with Gasteiger partial charge in [-0.3, -0.25) is 0 Å². The number of hydrogen-bond acceptors (Lipinski definition) is 2. The molecule has 1 aromatic rings. The first-order valence-electron chi connectivity index (χ1n) is 7.09. The van der Waals surface area contributed by atoms with Crippen LogP contribution in [0.1, 0.15) is 32.3 Å². The van der Waals surface area contributed by atoms with E-state index in [1.165, 1.54) is 12.1 Å².